The molecule has 2 heterocycles. The lowest BCUT2D eigenvalue weighted by Gasteiger charge is -2.35. The van der Waals surface area contributed by atoms with E-state index in [1.807, 2.05) is 52.0 Å². The molecule has 0 bridgehead atoms. The molecule has 1 aliphatic heterocycles. The molecule has 1 amide bonds. The zero-order valence-electron chi connectivity index (χ0n) is 16.7. The van der Waals surface area contributed by atoms with E-state index in [0.29, 0.717) is 19.7 Å². The van der Waals surface area contributed by atoms with Gasteiger partial charge in [-0.3, -0.25) is 9.88 Å². The van der Waals surface area contributed by atoms with Gasteiger partial charge in [-0.1, -0.05) is 6.07 Å². The Hall–Kier alpha value is -2.34. The second-order valence-electron chi connectivity index (χ2n) is 7.93. The SMILES string of the molecule is Cc1ccc2c(OCCN3CCN(C(=O)OC(C)(C)C)CC3)cccc2n1. The van der Waals surface area contributed by atoms with E-state index in [1.54, 1.807) is 4.90 Å². The summed E-state index contributed by atoms with van der Waals surface area (Å²) in [6.45, 7) is 12.1. The molecule has 1 aliphatic rings. The number of benzene rings is 1. The zero-order chi connectivity index (χ0) is 19.4. The summed E-state index contributed by atoms with van der Waals surface area (Å²) in [5, 5.41) is 1.04. The van der Waals surface area contributed by atoms with Gasteiger partial charge in [-0.25, -0.2) is 4.79 Å². The van der Waals surface area contributed by atoms with Crippen LogP contribution in [0.15, 0.2) is 30.3 Å². The number of rotatable bonds is 4. The molecule has 6 heteroatoms. The molecule has 6 nitrogen and oxygen atoms in total. The Morgan fingerprint density at radius 3 is 2.56 bits per heavy atom. The first-order valence-corrected chi connectivity index (χ1v) is 9.51. The fourth-order valence-corrected chi connectivity index (χ4v) is 3.12. The van der Waals surface area contributed by atoms with Crippen molar-refractivity contribution in [3.8, 4) is 5.75 Å². The predicted octanol–water partition coefficient (Wildman–Crippen LogP) is 3.47. The van der Waals surface area contributed by atoms with Crippen LogP contribution in [0.1, 0.15) is 26.5 Å². The first kappa shape index (κ1) is 19.4. The van der Waals surface area contributed by atoms with Crippen molar-refractivity contribution in [2.24, 2.45) is 0 Å². The van der Waals surface area contributed by atoms with Gasteiger partial charge in [0, 0.05) is 43.8 Å². The summed E-state index contributed by atoms with van der Waals surface area (Å²) in [6.07, 6.45) is -0.225. The van der Waals surface area contributed by atoms with Crippen molar-refractivity contribution < 1.29 is 14.3 Å². The fourth-order valence-electron chi connectivity index (χ4n) is 3.12. The lowest BCUT2D eigenvalue weighted by Crippen LogP contribution is -2.50. The third kappa shape index (κ3) is 5.32. The molecule has 146 valence electrons. The molecule has 0 aliphatic carbocycles. The predicted molar refractivity (Wildman–Crippen MR) is 106 cm³/mol. The summed E-state index contributed by atoms with van der Waals surface area (Å²) < 4.78 is 11.5. The number of amides is 1. The number of nitrogens with zero attached hydrogens (tertiary/aromatic N) is 3. The van der Waals surface area contributed by atoms with Gasteiger partial charge in [-0.05, 0) is 52.0 Å². The van der Waals surface area contributed by atoms with Gasteiger partial charge in [-0.15, -0.1) is 0 Å². The smallest absolute Gasteiger partial charge is 0.410 e. The third-order valence-electron chi connectivity index (χ3n) is 4.52. The normalized spacial score (nSPS) is 15.8. The minimum Gasteiger partial charge on any atom is -0.492 e. The van der Waals surface area contributed by atoms with E-state index >= 15 is 0 Å². The lowest BCUT2D eigenvalue weighted by molar-refractivity contribution is 0.0137. The molecule has 1 fully saturated rings. The summed E-state index contributed by atoms with van der Waals surface area (Å²) in [5.41, 5.74) is 1.51. The van der Waals surface area contributed by atoms with Crippen molar-refractivity contribution in [2.45, 2.75) is 33.3 Å². The standard InChI is InChI=1S/C21H29N3O3/c1-16-8-9-17-18(22-16)6-5-7-19(17)26-15-14-23-10-12-24(13-11-23)20(25)27-21(2,3)4/h5-9H,10-15H2,1-4H3. The van der Waals surface area contributed by atoms with E-state index in [0.717, 1.165) is 42.0 Å². The Kier molecular flexibility index (Phi) is 5.85. The molecule has 0 N–H and O–H groups in total. The second kappa shape index (κ2) is 8.13. The zero-order valence-corrected chi connectivity index (χ0v) is 16.7. The molecule has 0 spiro atoms. The highest BCUT2D eigenvalue weighted by Gasteiger charge is 2.25. The van der Waals surface area contributed by atoms with Crippen molar-refractivity contribution in [1.82, 2.24) is 14.8 Å². The van der Waals surface area contributed by atoms with E-state index in [4.69, 9.17) is 9.47 Å². The number of pyridine rings is 1. The van der Waals surface area contributed by atoms with Crippen molar-refractivity contribution in [3.63, 3.8) is 0 Å². The molecule has 0 atom stereocenters. The number of ether oxygens (including phenoxy) is 2. The van der Waals surface area contributed by atoms with Gasteiger partial charge < -0.3 is 14.4 Å². The highest BCUT2D eigenvalue weighted by Crippen LogP contribution is 2.24. The quantitative estimate of drug-likeness (QED) is 0.824. The average Bonchev–Trinajstić information content (AvgIpc) is 2.60. The van der Waals surface area contributed by atoms with Crippen LogP contribution in [0.5, 0.6) is 5.75 Å². The number of fused-ring (bicyclic) bond motifs is 1. The number of piperazine rings is 1. The molecule has 0 saturated carbocycles. The summed E-state index contributed by atoms with van der Waals surface area (Å²) in [6, 6.07) is 10.0. The largest absolute Gasteiger partial charge is 0.492 e. The number of hydrogen-bond donors (Lipinski definition) is 0. The van der Waals surface area contributed by atoms with Gasteiger partial charge in [0.15, 0.2) is 0 Å². The first-order valence-electron chi connectivity index (χ1n) is 9.51. The molecule has 3 rings (SSSR count). The van der Waals surface area contributed by atoms with Crippen LogP contribution in [0.4, 0.5) is 4.79 Å². The van der Waals surface area contributed by atoms with Gasteiger partial charge in [-0.2, -0.15) is 0 Å². The van der Waals surface area contributed by atoms with Crippen molar-refractivity contribution in [2.75, 3.05) is 39.3 Å². The maximum atomic E-state index is 12.1. The van der Waals surface area contributed by atoms with E-state index in [9.17, 15) is 4.79 Å². The van der Waals surface area contributed by atoms with Crippen LogP contribution in [-0.2, 0) is 4.74 Å². The Morgan fingerprint density at radius 1 is 1.11 bits per heavy atom. The Labute approximate surface area is 161 Å². The van der Waals surface area contributed by atoms with Crippen LogP contribution in [0, 0.1) is 6.92 Å². The number of hydrogen-bond acceptors (Lipinski definition) is 5. The Bertz CT molecular complexity index is 793. The number of carbonyl (C=O) groups is 1. The summed E-state index contributed by atoms with van der Waals surface area (Å²) in [5.74, 6) is 0.868. The number of aryl methyl sites for hydroxylation is 1. The molecule has 0 unspecified atom stereocenters. The maximum Gasteiger partial charge on any atom is 0.410 e. The van der Waals surface area contributed by atoms with Crippen molar-refractivity contribution in [1.29, 1.82) is 0 Å². The van der Waals surface area contributed by atoms with E-state index in [-0.39, 0.29) is 6.09 Å². The van der Waals surface area contributed by atoms with E-state index in [2.05, 4.69) is 16.0 Å². The van der Waals surface area contributed by atoms with E-state index in [1.165, 1.54) is 0 Å². The van der Waals surface area contributed by atoms with E-state index < -0.39 is 5.60 Å². The second-order valence-corrected chi connectivity index (χ2v) is 7.93. The monoisotopic (exact) mass is 371 g/mol. The van der Waals surface area contributed by atoms with Gasteiger partial charge >= 0.3 is 6.09 Å². The van der Waals surface area contributed by atoms with Crippen LogP contribution in [0.2, 0.25) is 0 Å². The molecule has 1 aromatic carbocycles. The summed E-state index contributed by atoms with van der Waals surface area (Å²) in [7, 11) is 0. The molecule has 1 saturated heterocycles. The van der Waals surface area contributed by atoms with Crippen LogP contribution >= 0.6 is 0 Å². The molecule has 0 radical (unpaired) electrons. The molecule has 1 aromatic heterocycles. The van der Waals surface area contributed by atoms with Crippen molar-refractivity contribution in [3.05, 3.63) is 36.0 Å². The summed E-state index contributed by atoms with van der Waals surface area (Å²) >= 11 is 0. The first-order chi connectivity index (χ1) is 12.8. The molecular weight excluding hydrogens is 342 g/mol. The van der Waals surface area contributed by atoms with Gasteiger partial charge in [0.1, 0.15) is 18.0 Å². The van der Waals surface area contributed by atoms with Crippen LogP contribution in [-0.4, -0.2) is 65.8 Å². The van der Waals surface area contributed by atoms with Gasteiger partial charge in [0.25, 0.3) is 0 Å². The maximum absolute atomic E-state index is 12.1. The van der Waals surface area contributed by atoms with Crippen molar-refractivity contribution >= 4 is 17.0 Å². The summed E-state index contributed by atoms with van der Waals surface area (Å²) in [4.78, 5) is 20.8. The highest BCUT2D eigenvalue weighted by atomic mass is 16.6. The molecular formula is C21H29N3O3. The lowest BCUT2D eigenvalue weighted by atomic mass is 10.2. The highest BCUT2D eigenvalue weighted by molar-refractivity contribution is 5.85. The minimum atomic E-state index is -0.450. The Balaban J connectivity index is 1.47. The fraction of sp³-hybridized carbons (Fsp3) is 0.524. The molecule has 2 aromatic rings. The Morgan fingerprint density at radius 2 is 1.85 bits per heavy atom. The minimum absolute atomic E-state index is 0.225. The van der Waals surface area contributed by atoms with Crippen LogP contribution < -0.4 is 4.74 Å². The number of carbonyl (C=O) groups excluding carboxylic acids is 1. The number of aromatic nitrogens is 1. The third-order valence-corrected chi connectivity index (χ3v) is 4.52. The average molecular weight is 371 g/mol. The van der Waals surface area contributed by atoms with Gasteiger partial charge in [0.05, 0.1) is 5.52 Å². The van der Waals surface area contributed by atoms with Gasteiger partial charge in [0.2, 0.25) is 0 Å². The molecule has 27 heavy (non-hydrogen) atoms. The van der Waals surface area contributed by atoms with Crippen LogP contribution in [0.3, 0.4) is 0 Å². The van der Waals surface area contributed by atoms with Crippen LogP contribution in [0.25, 0.3) is 10.9 Å². The topological polar surface area (TPSA) is 54.9 Å².